The second-order valence-electron chi connectivity index (χ2n) is 6.13. The lowest BCUT2D eigenvalue weighted by atomic mass is 10.1. The van der Waals surface area contributed by atoms with Crippen molar-refractivity contribution >= 4 is 12.0 Å². The number of hydrogen-bond donors (Lipinski definition) is 1. The van der Waals surface area contributed by atoms with E-state index in [1.807, 2.05) is 54.6 Å². The first-order chi connectivity index (χ1) is 12.3. The minimum Gasteiger partial charge on any atom is -0.379 e. The Balaban J connectivity index is 1.66. The van der Waals surface area contributed by atoms with Crippen molar-refractivity contribution in [2.45, 2.75) is 6.04 Å². The van der Waals surface area contributed by atoms with Gasteiger partial charge in [0.05, 0.1) is 19.3 Å². The molecule has 2 aromatic carbocycles. The molecular weight excluding hydrogens is 312 g/mol. The number of hydrogen-bond acceptors (Lipinski definition) is 3. The van der Waals surface area contributed by atoms with Gasteiger partial charge in [-0.25, -0.2) is 0 Å². The van der Waals surface area contributed by atoms with Crippen LogP contribution in [0.25, 0.3) is 6.08 Å². The number of morpholine rings is 1. The third-order valence-electron chi connectivity index (χ3n) is 4.29. The van der Waals surface area contributed by atoms with Gasteiger partial charge in [0.1, 0.15) is 0 Å². The first kappa shape index (κ1) is 17.4. The van der Waals surface area contributed by atoms with Crippen LogP contribution in [-0.4, -0.2) is 43.7 Å². The molecule has 1 saturated heterocycles. The zero-order valence-corrected chi connectivity index (χ0v) is 14.3. The molecule has 1 amide bonds. The fourth-order valence-corrected chi connectivity index (χ4v) is 2.92. The average molecular weight is 336 g/mol. The molecule has 0 radical (unpaired) electrons. The summed E-state index contributed by atoms with van der Waals surface area (Å²) in [6, 6.07) is 19.9. The van der Waals surface area contributed by atoms with Gasteiger partial charge in [-0.05, 0) is 17.2 Å². The van der Waals surface area contributed by atoms with E-state index in [0.717, 1.165) is 44.0 Å². The van der Waals surface area contributed by atoms with Crippen LogP contribution in [0.5, 0.6) is 0 Å². The second kappa shape index (κ2) is 9.16. The van der Waals surface area contributed by atoms with Gasteiger partial charge in [-0.15, -0.1) is 0 Å². The molecule has 1 N–H and O–H groups in total. The average Bonchev–Trinajstić information content (AvgIpc) is 2.68. The summed E-state index contributed by atoms with van der Waals surface area (Å²) in [5, 5.41) is 3.14. The number of nitrogens with zero attached hydrogens (tertiary/aromatic N) is 1. The molecule has 0 bridgehead atoms. The van der Waals surface area contributed by atoms with Crippen molar-refractivity contribution < 1.29 is 9.53 Å². The van der Waals surface area contributed by atoms with Crippen molar-refractivity contribution in [3.63, 3.8) is 0 Å². The zero-order valence-electron chi connectivity index (χ0n) is 14.3. The molecule has 4 nitrogen and oxygen atoms in total. The van der Waals surface area contributed by atoms with Gasteiger partial charge in [0, 0.05) is 25.7 Å². The highest BCUT2D eigenvalue weighted by Gasteiger charge is 2.19. The number of rotatable bonds is 6. The number of carbonyl (C=O) groups is 1. The van der Waals surface area contributed by atoms with Crippen LogP contribution >= 0.6 is 0 Å². The largest absolute Gasteiger partial charge is 0.379 e. The van der Waals surface area contributed by atoms with Gasteiger partial charge in [-0.1, -0.05) is 60.7 Å². The quantitative estimate of drug-likeness (QED) is 0.825. The van der Waals surface area contributed by atoms with Gasteiger partial charge in [0.15, 0.2) is 0 Å². The van der Waals surface area contributed by atoms with Crippen LogP contribution < -0.4 is 5.32 Å². The molecule has 0 aromatic heterocycles. The minimum atomic E-state index is -0.0778. The molecule has 2 aromatic rings. The topological polar surface area (TPSA) is 41.6 Å². The summed E-state index contributed by atoms with van der Waals surface area (Å²) in [5.74, 6) is -0.0778. The standard InChI is InChI=1S/C21H24N2O2/c24-21(12-11-18-7-3-1-4-8-18)22-20(19-9-5-2-6-10-19)17-23-13-15-25-16-14-23/h1-12,20H,13-17H2,(H,22,24)/b12-11+/t20-/m1/s1. The van der Waals surface area contributed by atoms with Gasteiger partial charge in [0.2, 0.25) is 5.91 Å². The summed E-state index contributed by atoms with van der Waals surface area (Å²) in [4.78, 5) is 14.7. The second-order valence-corrected chi connectivity index (χ2v) is 6.13. The normalized spacial score (nSPS) is 16.6. The molecule has 0 unspecified atom stereocenters. The smallest absolute Gasteiger partial charge is 0.244 e. The van der Waals surface area contributed by atoms with E-state index in [4.69, 9.17) is 4.74 Å². The summed E-state index contributed by atoms with van der Waals surface area (Å²) in [6.07, 6.45) is 3.44. The Morgan fingerprint density at radius 1 is 1.04 bits per heavy atom. The highest BCUT2D eigenvalue weighted by atomic mass is 16.5. The molecule has 130 valence electrons. The molecule has 0 aliphatic carbocycles. The SMILES string of the molecule is O=C(/C=C/c1ccccc1)N[C@H](CN1CCOCC1)c1ccccc1. The summed E-state index contributed by atoms with van der Waals surface area (Å²) >= 11 is 0. The highest BCUT2D eigenvalue weighted by Crippen LogP contribution is 2.15. The third kappa shape index (κ3) is 5.55. The van der Waals surface area contributed by atoms with Crippen LogP contribution in [0.2, 0.25) is 0 Å². The van der Waals surface area contributed by atoms with Gasteiger partial charge >= 0.3 is 0 Å². The third-order valence-corrected chi connectivity index (χ3v) is 4.29. The van der Waals surface area contributed by atoms with Crippen molar-refractivity contribution in [3.8, 4) is 0 Å². The number of benzene rings is 2. The molecule has 1 atom stereocenters. The number of amides is 1. The number of nitrogens with one attached hydrogen (secondary N) is 1. The summed E-state index contributed by atoms with van der Waals surface area (Å²) < 4.78 is 5.42. The van der Waals surface area contributed by atoms with E-state index in [0.29, 0.717) is 0 Å². The summed E-state index contributed by atoms with van der Waals surface area (Å²) in [6.45, 7) is 4.10. The molecule has 1 heterocycles. The molecule has 3 rings (SSSR count). The maximum Gasteiger partial charge on any atom is 0.244 e. The van der Waals surface area contributed by atoms with Crippen LogP contribution in [0.15, 0.2) is 66.7 Å². The predicted octanol–water partition coefficient (Wildman–Crippen LogP) is 2.89. The van der Waals surface area contributed by atoms with E-state index >= 15 is 0 Å². The monoisotopic (exact) mass is 336 g/mol. The lowest BCUT2D eigenvalue weighted by molar-refractivity contribution is -0.117. The van der Waals surface area contributed by atoms with Gasteiger partial charge < -0.3 is 10.1 Å². The van der Waals surface area contributed by atoms with Crippen molar-refractivity contribution in [3.05, 3.63) is 77.9 Å². The van der Waals surface area contributed by atoms with Gasteiger partial charge in [-0.3, -0.25) is 9.69 Å². The van der Waals surface area contributed by atoms with Crippen molar-refractivity contribution in [1.82, 2.24) is 10.2 Å². The maximum absolute atomic E-state index is 12.4. The van der Waals surface area contributed by atoms with Crippen LogP contribution in [0.1, 0.15) is 17.2 Å². The Kier molecular flexibility index (Phi) is 6.37. The summed E-state index contributed by atoms with van der Waals surface area (Å²) in [7, 11) is 0. The predicted molar refractivity (Wildman–Crippen MR) is 100 cm³/mol. The van der Waals surface area contributed by atoms with Crippen LogP contribution in [-0.2, 0) is 9.53 Å². The van der Waals surface area contributed by atoms with E-state index in [1.165, 1.54) is 0 Å². The highest BCUT2D eigenvalue weighted by molar-refractivity contribution is 5.92. The molecule has 4 heteroatoms. The minimum absolute atomic E-state index is 0.0350. The molecule has 0 spiro atoms. The molecule has 25 heavy (non-hydrogen) atoms. The van der Waals surface area contributed by atoms with E-state index in [-0.39, 0.29) is 11.9 Å². The molecule has 1 aliphatic rings. The lowest BCUT2D eigenvalue weighted by Crippen LogP contribution is -2.42. The van der Waals surface area contributed by atoms with Crippen molar-refractivity contribution in [2.24, 2.45) is 0 Å². The van der Waals surface area contributed by atoms with E-state index in [1.54, 1.807) is 6.08 Å². The fraction of sp³-hybridized carbons (Fsp3) is 0.286. The fourth-order valence-electron chi connectivity index (χ4n) is 2.92. The Morgan fingerprint density at radius 3 is 2.36 bits per heavy atom. The first-order valence-corrected chi connectivity index (χ1v) is 8.70. The van der Waals surface area contributed by atoms with E-state index in [9.17, 15) is 4.79 Å². The van der Waals surface area contributed by atoms with Crippen molar-refractivity contribution in [2.75, 3.05) is 32.8 Å². The Hall–Kier alpha value is -2.43. The first-order valence-electron chi connectivity index (χ1n) is 8.70. The number of ether oxygens (including phenoxy) is 1. The Bertz CT molecular complexity index is 680. The van der Waals surface area contributed by atoms with Crippen LogP contribution in [0.3, 0.4) is 0 Å². The Labute approximate surface area is 149 Å². The molecule has 1 fully saturated rings. The molecule has 1 aliphatic heterocycles. The van der Waals surface area contributed by atoms with E-state index in [2.05, 4.69) is 22.3 Å². The summed E-state index contributed by atoms with van der Waals surface area (Å²) in [5.41, 5.74) is 2.14. The van der Waals surface area contributed by atoms with Gasteiger partial charge in [0.25, 0.3) is 0 Å². The lowest BCUT2D eigenvalue weighted by Gasteiger charge is -2.31. The zero-order chi connectivity index (χ0) is 17.3. The van der Waals surface area contributed by atoms with Gasteiger partial charge in [-0.2, -0.15) is 0 Å². The van der Waals surface area contributed by atoms with Crippen LogP contribution in [0.4, 0.5) is 0 Å². The molecule has 0 saturated carbocycles. The number of carbonyl (C=O) groups excluding carboxylic acids is 1. The maximum atomic E-state index is 12.4. The Morgan fingerprint density at radius 2 is 1.68 bits per heavy atom. The molecular formula is C21H24N2O2. The van der Waals surface area contributed by atoms with E-state index < -0.39 is 0 Å². The van der Waals surface area contributed by atoms with Crippen LogP contribution in [0, 0.1) is 0 Å². The van der Waals surface area contributed by atoms with Crippen molar-refractivity contribution in [1.29, 1.82) is 0 Å².